The van der Waals surface area contributed by atoms with Crippen LogP contribution in [0.1, 0.15) is 43.4 Å². The first-order valence-electron chi connectivity index (χ1n) is 13.1. The van der Waals surface area contributed by atoms with Crippen LogP contribution in [0.25, 0.3) is 0 Å². The molecule has 4 unspecified atom stereocenters. The Morgan fingerprint density at radius 2 is 1.69 bits per heavy atom. The van der Waals surface area contributed by atoms with E-state index in [2.05, 4.69) is 31.2 Å². The molecule has 0 saturated carbocycles. The first-order chi connectivity index (χ1) is 18.8. The van der Waals surface area contributed by atoms with Gasteiger partial charge in [0.05, 0.1) is 12.4 Å². The Balaban J connectivity index is 1.77. The van der Waals surface area contributed by atoms with E-state index in [0.29, 0.717) is 43.6 Å². The Bertz CT molecular complexity index is 1090. The third kappa shape index (κ3) is 9.37. The van der Waals surface area contributed by atoms with Gasteiger partial charge in [-0.3, -0.25) is 14.4 Å². The quantitative estimate of drug-likeness (QED) is 0.134. The molecule has 1 aliphatic rings. The number of amides is 3. The number of phenolic OH excluding ortho intramolecular Hbond substituents is 1. The Morgan fingerprint density at radius 1 is 1.00 bits per heavy atom. The molecule has 1 fully saturated rings. The molecule has 1 saturated heterocycles. The molecular formula is C26H37N7O6. The SMILES string of the molecule is NCCCCC(NC(=O)C(Cc1cnc[nH]1)NC(=O)C(Cc1ccc(O)cc1)NC(=O)C1CCCN1)C(=O)O. The topological polar surface area (TPSA) is 212 Å². The number of unbranched alkanes of at least 4 members (excludes halogenated alkanes) is 1. The van der Waals surface area contributed by atoms with Gasteiger partial charge >= 0.3 is 5.97 Å². The maximum Gasteiger partial charge on any atom is 0.326 e. The Kier molecular flexibility index (Phi) is 11.3. The number of nitrogens with two attached hydrogens (primary N) is 1. The number of carbonyl (C=O) groups is 4. The molecule has 0 spiro atoms. The molecule has 3 amide bonds. The minimum atomic E-state index is -1.19. The van der Waals surface area contributed by atoms with Crippen molar-refractivity contribution in [1.29, 1.82) is 0 Å². The third-order valence-electron chi connectivity index (χ3n) is 6.56. The molecule has 9 N–H and O–H groups in total. The first kappa shape index (κ1) is 29.6. The van der Waals surface area contributed by atoms with Gasteiger partial charge in [-0.05, 0) is 62.9 Å². The molecule has 3 rings (SSSR count). The van der Waals surface area contributed by atoms with E-state index in [1.165, 1.54) is 24.7 Å². The lowest BCUT2D eigenvalue weighted by atomic mass is 10.0. The number of benzene rings is 1. The van der Waals surface area contributed by atoms with Crippen molar-refractivity contribution in [2.75, 3.05) is 13.1 Å². The van der Waals surface area contributed by atoms with Crippen LogP contribution in [0.4, 0.5) is 0 Å². The van der Waals surface area contributed by atoms with Gasteiger partial charge in [0.25, 0.3) is 0 Å². The molecule has 2 aromatic rings. The number of carbonyl (C=O) groups excluding carboxylic acids is 3. The van der Waals surface area contributed by atoms with Crippen molar-refractivity contribution in [2.45, 2.75) is 69.1 Å². The zero-order chi connectivity index (χ0) is 28.2. The number of hydrogen-bond donors (Lipinski definition) is 8. The number of aromatic nitrogens is 2. The van der Waals surface area contributed by atoms with Crippen molar-refractivity contribution in [2.24, 2.45) is 5.73 Å². The van der Waals surface area contributed by atoms with Crippen molar-refractivity contribution >= 4 is 23.7 Å². The highest BCUT2D eigenvalue weighted by molar-refractivity contribution is 5.94. The lowest BCUT2D eigenvalue weighted by Gasteiger charge is -2.25. The third-order valence-corrected chi connectivity index (χ3v) is 6.56. The van der Waals surface area contributed by atoms with Crippen LogP contribution < -0.4 is 27.0 Å². The summed E-state index contributed by atoms with van der Waals surface area (Å²) in [4.78, 5) is 58.2. The number of imidazole rings is 1. The minimum absolute atomic E-state index is 0.0246. The van der Waals surface area contributed by atoms with E-state index in [4.69, 9.17) is 5.73 Å². The number of hydrogen-bond acceptors (Lipinski definition) is 8. The number of rotatable bonds is 15. The standard InChI is InChI=1S/C26H37N7O6/c27-10-2-1-4-20(26(38)39)31-25(37)22(13-17-14-28-15-30-17)33-24(36)21(12-16-6-8-18(34)9-7-16)32-23(35)19-5-3-11-29-19/h6-9,14-15,19-22,29,34H,1-5,10-13,27H2,(H,28,30)(H,31,37)(H,32,35)(H,33,36)(H,38,39). The van der Waals surface area contributed by atoms with Crippen LogP contribution >= 0.6 is 0 Å². The number of nitrogens with one attached hydrogen (secondary N) is 5. The van der Waals surface area contributed by atoms with Gasteiger partial charge in [-0.1, -0.05) is 12.1 Å². The zero-order valence-electron chi connectivity index (χ0n) is 21.7. The number of carboxylic acid groups (broad SMARTS) is 1. The Labute approximate surface area is 226 Å². The van der Waals surface area contributed by atoms with Crippen molar-refractivity contribution in [3.8, 4) is 5.75 Å². The smallest absolute Gasteiger partial charge is 0.326 e. The van der Waals surface area contributed by atoms with Crippen molar-refractivity contribution < 1.29 is 29.4 Å². The molecule has 1 aliphatic heterocycles. The molecule has 1 aromatic carbocycles. The second-order valence-electron chi connectivity index (χ2n) is 9.61. The average molecular weight is 544 g/mol. The summed E-state index contributed by atoms with van der Waals surface area (Å²) in [5, 5.41) is 30.3. The number of aromatic hydroxyl groups is 1. The lowest BCUT2D eigenvalue weighted by Crippen LogP contribution is -2.58. The van der Waals surface area contributed by atoms with Gasteiger partial charge in [-0.25, -0.2) is 9.78 Å². The summed E-state index contributed by atoms with van der Waals surface area (Å²) >= 11 is 0. The second-order valence-corrected chi connectivity index (χ2v) is 9.61. The molecule has 2 heterocycles. The highest BCUT2D eigenvalue weighted by Crippen LogP contribution is 2.13. The number of H-pyrrole nitrogens is 1. The monoisotopic (exact) mass is 543 g/mol. The summed E-state index contributed by atoms with van der Waals surface area (Å²) in [7, 11) is 0. The van der Waals surface area contributed by atoms with E-state index in [1.807, 2.05) is 0 Å². The maximum atomic E-state index is 13.5. The van der Waals surface area contributed by atoms with Gasteiger partial charge in [0, 0.05) is 24.7 Å². The number of phenols is 1. The second kappa shape index (κ2) is 14.8. The highest BCUT2D eigenvalue weighted by atomic mass is 16.4. The molecule has 1 aromatic heterocycles. The lowest BCUT2D eigenvalue weighted by molar-refractivity contribution is -0.142. The summed E-state index contributed by atoms with van der Waals surface area (Å²) in [5.74, 6) is -2.73. The summed E-state index contributed by atoms with van der Waals surface area (Å²) in [6.45, 7) is 1.11. The molecule has 0 bridgehead atoms. The van der Waals surface area contributed by atoms with E-state index in [0.717, 1.165) is 6.42 Å². The summed E-state index contributed by atoms with van der Waals surface area (Å²) in [6, 6.07) is 2.51. The van der Waals surface area contributed by atoms with E-state index >= 15 is 0 Å². The zero-order valence-corrected chi connectivity index (χ0v) is 21.7. The molecule has 212 valence electrons. The van der Waals surface area contributed by atoms with Gasteiger partial charge in [-0.2, -0.15) is 0 Å². The predicted molar refractivity (Wildman–Crippen MR) is 141 cm³/mol. The molecule has 13 nitrogen and oxygen atoms in total. The Hall–Kier alpha value is -3.97. The minimum Gasteiger partial charge on any atom is -0.508 e. The van der Waals surface area contributed by atoms with Crippen molar-refractivity contribution in [3.63, 3.8) is 0 Å². The van der Waals surface area contributed by atoms with Gasteiger partial charge in [0.2, 0.25) is 17.7 Å². The Morgan fingerprint density at radius 3 is 2.28 bits per heavy atom. The summed E-state index contributed by atoms with van der Waals surface area (Å²) in [6.07, 6.45) is 5.88. The summed E-state index contributed by atoms with van der Waals surface area (Å²) < 4.78 is 0. The molecular weight excluding hydrogens is 506 g/mol. The number of aliphatic carboxylic acids is 1. The number of nitrogens with zero attached hydrogens (tertiary/aromatic N) is 1. The number of aromatic amines is 1. The van der Waals surface area contributed by atoms with E-state index in [9.17, 15) is 29.4 Å². The predicted octanol–water partition coefficient (Wildman–Crippen LogP) is -0.679. The van der Waals surface area contributed by atoms with E-state index < -0.39 is 42.0 Å². The van der Waals surface area contributed by atoms with Crippen LogP contribution in [-0.4, -0.2) is 81.1 Å². The molecule has 4 atom stereocenters. The fourth-order valence-corrected chi connectivity index (χ4v) is 4.38. The summed E-state index contributed by atoms with van der Waals surface area (Å²) in [5.41, 5.74) is 6.74. The van der Waals surface area contributed by atoms with E-state index in [-0.39, 0.29) is 30.9 Å². The van der Waals surface area contributed by atoms with Crippen LogP contribution in [0, 0.1) is 0 Å². The van der Waals surface area contributed by atoms with Crippen molar-refractivity contribution in [1.82, 2.24) is 31.2 Å². The van der Waals surface area contributed by atoms with Crippen molar-refractivity contribution in [3.05, 3.63) is 48.0 Å². The molecule has 0 radical (unpaired) electrons. The number of carboxylic acids is 1. The fourth-order valence-electron chi connectivity index (χ4n) is 4.38. The van der Waals surface area contributed by atoms with Gasteiger partial charge in [-0.15, -0.1) is 0 Å². The molecule has 13 heteroatoms. The van der Waals surface area contributed by atoms with E-state index in [1.54, 1.807) is 12.1 Å². The fraction of sp³-hybridized carbons (Fsp3) is 0.500. The van der Waals surface area contributed by atoms with Crippen LogP contribution in [0.5, 0.6) is 5.75 Å². The maximum absolute atomic E-state index is 13.5. The van der Waals surface area contributed by atoms with Gasteiger partial charge < -0.3 is 42.2 Å². The first-order valence-corrected chi connectivity index (χ1v) is 13.1. The average Bonchev–Trinajstić information content (AvgIpc) is 3.63. The molecule has 0 aliphatic carbocycles. The highest BCUT2D eigenvalue weighted by Gasteiger charge is 2.32. The van der Waals surface area contributed by atoms with Crippen LogP contribution in [0.3, 0.4) is 0 Å². The van der Waals surface area contributed by atoms with Gasteiger partial charge in [0.1, 0.15) is 23.9 Å². The van der Waals surface area contributed by atoms with Crippen LogP contribution in [0.2, 0.25) is 0 Å². The van der Waals surface area contributed by atoms with Gasteiger partial charge in [0.15, 0.2) is 0 Å². The van der Waals surface area contributed by atoms with Crippen LogP contribution in [-0.2, 0) is 32.0 Å². The van der Waals surface area contributed by atoms with Crippen LogP contribution in [0.15, 0.2) is 36.8 Å². The normalized spacial score (nSPS) is 17.1. The molecule has 39 heavy (non-hydrogen) atoms. The largest absolute Gasteiger partial charge is 0.508 e.